The highest BCUT2D eigenvalue weighted by Crippen LogP contribution is 2.52. The first kappa shape index (κ1) is 28.1. The van der Waals surface area contributed by atoms with E-state index in [1.165, 1.54) is 23.1 Å². The summed E-state index contributed by atoms with van der Waals surface area (Å²) in [5.74, 6) is -7.43. The Labute approximate surface area is 225 Å². The molecule has 1 aromatic carbocycles. The number of nitrogens with zero attached hydrogens (tertiary/aromatic N) is 1. The minimum absolute atomic E-state index is 0.0188. The average molecular weight is 540 g/mol. The van der Waals surface area contributed by atoms with E-state index < -0.39 is 63.6 Å². The largest absolute Gasteiger partial charge is 0.510 e. The van der Waals surface area contributed by atoms with Crippen LogP contribution in [0.25, 0.3) is 6.08 Å². The number of Topliss-reactive ketones (excluding diaryl/α,β-unsaturated/α-hetero) is 2. The number of carbonyl (C=O) groups is 4. The van der Waals surface area contributed by atoms with Gasteiger partial charge >= 0.3 is 0 Å². The Morgan fingerprint density at radius 1 is 1.15 bits per heavy atom. The van der Waals surface area contributed by atoms with Crippen molar-refractivity contribution in [2.45, 2.75) is 50.8 Å². The van der Waals surface area contributed by atoms with Gasteiger partial charge in [-0.3, -0.25) is 24.1 Å². The molecule has 0 spiro atoms. The minimum atomic E-state index is -2.69. The molecule has 0 aliphatic heterocycles. The van der Waals surface area contributed by atoms with Crippen molar-refractivity contribution in [1.29, 1.82) is 0 Å². The number of carbonyl (C=O) groups excluding carboxylic acids is 4. The van der Waals surface area contributed by atoms with E-state index in [-0.39, 0.29) is 35.6 Å². The van der Waals surface area contributed by atoms with Crippen molar-refractivity contribution in [1.82, 2.24) is 10.2 Å². The van der Waals surface area contributed by atoms with Crippen LogP contribution in [0, 0.1) is 11.8 Å². The molecule has 3 aliphatic carbocycles. The van der Waals surface area contributed by atoms with Crippen LogP contribution in [0.4, 0.5) is 0 Å². The molecule has 1 aromatic rings. The van der Waals surface area contributed by atoms with Gasteiger partial charge in [0.2, 0.25) is 11.7 Å². The number of benzene rings is 1. The molecule has 2 amide bonds. The summed E-state index contributed by atoms with van der Waals surface area (Å²) >= 11 is 0. The number of aliphatic hydroxyl groups is 3. The van der Waals surface area contributed by atoms with Crippen molar-refractivity contribution in [3.63, 3.8) is 0 Å². The number of phenolic OH excluding ortho intramolecular Hbond substituents is 1. The number of fused-ring (bicyclic) bond motifs is 3. The van der Waals surface area contributed by atoms with Crippen LogP contribution in [-0.4, -0.2) is 80.0 Å². The van der Waals surface area contributed by atoms with Crippen molar-refractivity contribution in [2.75, 3.05) is 14.1 Å². The third-order valence-corrected chi connectivity index (χ3v) is 7.55. The predicted molar refractivity (Wildman–Crippen MR) is 141 cm³/mol. The van der Waals surface area contributed by atoms with Crippen molar-refractivity contribution in [3.8, 4) is 5.75 Å². The van der Waals surface area contributed by atoms with Gasteiger partial charge in [-0.1, -0.05) is 6.07 Å². The molecule has 0 saturated heterocycles. The summed E-state index contributed by atoms with van der Waals surface area (Å²) in [5, 5.41) is 47.2. The van der Waals surface area contributed by atoms with Crippen LogP contribution in [0.3, 0.4) is 0 Å². The number of ketones is 2. The highest BCUT2D eigenvalue weighted by Gasteiger charge is 2.63. The number of likely N-dealkylation sites (N-methyl/N-ethyl adjacent to an activating group) is 1. The van der Waals surface area contributed by atoms with Crippen LogP contribution in [0.5, 0.6) is 5.75 Å². The van der Waals surface area contributed by atoms with E-state index in [1.54, 1.807) is 20.2 Å². The molecule has 208 valence electrons. The fraction of sp³-hybridized carbons (Fsp3) is 0.429. The summed E-state index contributed by atoms with van der Waals surface area (Å²) in [6, 6.07) is 1.78. The van der Waals surface area contributed by atoms with Gasteiger partial charge in [0.1, 0.15) is 22.8 Å². The van der Waals surface area contributed by atoms with E-state index in [2.05, 4.69) is 5.32 Å². The van der Waals surface area contributed by atoms with E-state index in [0.717, 1.165) is 0 Å². The molecule has 0 bridgehead atoms. The van der Waals surface area contributed by atoms with Gasteiger partial charge in [-0.15, -0.1) is 0 Å². The molecule has 39 heavy (non-hydrogen) atoms. The lowest BCUT2D eigenvalue weighted by molar-refractivity contribution is -0.148. The zero-order valence-corrected chi connectivity index (χ0v) is 22.4. The van der Waals surface area contributed by atoms with Gasteiger partial charge < -0.3 is 31.5 Å². The number of phenols is 1. The van der Waals surface area contributed by atoms with Crippen LogP contribution in [-0.2, 0) is 20.8 Å². The highest BCUT2D eigenvalue weighted by atomic mass is 16.3. The van der Waals surface area contributed by atoms with Gasteiger partial charge in [-0.05, 0) is 76.9 Å². The topological polar surface area (TPSA) is 190 Å². The summed E-state index contributed by atoms with van der Waals surface area (Å²) in [4.78, 5) is 52.9. The van der Waals surface area contributed by atoms with E-state index in [4.69, 9.17) is 5.73 Å². The predicted octanol–water partition coefficient (Wildman–Crippen LogP) is 1.05. The Morgan fingerprint density at radius 2 is 1.79 bits per heavy atom. The first-order chi connectivity index (χ1) is 18.0. The fourth-order valence-corrected chi connectivity index (χ4v) is 6.01. The molecule has 11 nitrogen and oxygen atoms in total. The standard InChI is InChI=1S/C28H33N3O8/c1-27(2,3)30-17(33)9-7-12-6-8-16(32)19-14(12)10-13-11-15-21(31(4)5)23(35)20(26(29)38)25(37)28(15,39)24(36)18(13)22(19)34/h6-9,13,15,21,32,35-36,39H,10-11H2,1-5H3,(H2,29,38)(H,30,33)/b9-7+/t13-,15-,21-,28-/m0/s1. The van der Waals surface area contributed by atoms with Crippen LogP contribution in [0.2, 0.25) is 0 Å². The van der Waals surface area contributed by atoms with Crippen molar-refractivity contribution >= 4 is 29.5 Å². The number of amides is 2. The Balaban J connectivity index is 1.85. The number of aromatic hydroxyl groups is 1. The minimum Gasteiger partial charge on any atom is -0.510 e. The van der Waals surface area contributed by atoms with E-state index in [9.17, 15) is 39.6 Å². The number of primary amides is 1. The maximum atomic E-state index is 13.7. The second-order valence-corrected chi connectivity index (χ2v) is 11.6. The van der Waals surface area contributed by atoms with Crippen LogP contribution in [0.1, 0.15) is 48.7 Å². The Hall–Kier alpha value is -3.96. The molecule has 4 rings (SSSR count). The highest BCUT2D eigenvalue weighted by molar-refractivity contribution is 6.24. The lowest BCUT2D eigenvalue weighted by Gasteiger charge is -2.50. The van der Waals surface area contributed by atoms with Gasteiger partial charge in [0.15, 0.2) is 11.4 Å². The van der Waals surface area contributed by atoms with Crippen molar-refractivity contribution in [2.24, 2.45) is 17.6 Å². The second-order valence-electron chi connectivity index (χ2n) is 11.6. The summed E-state index contributed by atoms with van der Waals surface area (Å²) < 4.78 is 0. The Kier molecular flexibility index (Phi) is 6.73. The number of aliphatic hydroxyl groups excluding tert-OH is 2. The van der Waals surface area contributed by atoms with Gasteiger partial charge in [-0.25, -0.2) is 0 Å². The molecule has 3 aliphatic rings. The summed E-state index contributed by atoms with van der Waals surface area (Å²) in [7, 11) is 3.13. The number of hydrogen-bond acceptors (Lipinski definition) is 9. The van der Waals surface area contributed by atoms with Crippen molar-refractivity contribution < 1.29 is 39.6 Å². The molecule has 0 fully saturated rings. The van der Waals surface area contributed by atoms with Crippen LogP contribution >= 0.6 is 0 Å². The number of hydrogen-bond donors (Lipinski definition) is 6. The second kappa shape index (κ2) is 9.35. The number of nitrogens with one attached hydrogen (secondary N) is 1. The Bertz CT molecular complexity index is 1400. The third kappa shape index (κ3) is 4.41. The summed E-state index contributed by atoms with van der Waals surface area (Å²) in [6.07, 6.45) is 2.96. The maximum Gasteiger partial charge on any atom is 0.255 e. The molecule has 0 heterocycles. The normalized spacial score (nSPS) is 27.0. The smallest absolute Gasteiger partial charge is 0.255 e. The average Bonchev–Trinajstić information content (AvgIpc) is 2.79. The molecule has 7 N–H and O–H groups in total. The number of nitrogens with two attached hydrogens (primary N) is 1. The van der Waals surface area contributed by atoms with Gasteiger partial charge in [0, 0.05) is 23.1 Å². The lowest BCUT2D eigenvalue weighted by Crippen LogP contribution is -2.63. The van der Waals surface area contributed by atoms with E-state index in [0.29, 0.717) is 11.1 Å². The quantitative estimate of drug-likeness (QED) is 0.240. The van der Waals surface area contributed by atoms with Crippen LogP contribution < -0.4 is 11.1 Å². The molecule has 0 radical (unpaired) electrons. The zero-order chi connectivity index (χ0) is 29.2. The van der Waals surface area contributed by atoms with Gasteiger partial charge in [0.05, 0.1) is 11.6 Å². The summed E-state index contributed by atoms with van der Waals surface area (Å²) in [5.41, 5.74) is 1.92. The molecular weight excluding hydrogens is 506 g/mol. The molecule has 11 heteroatoms. The SMILES string of the molecule is CN(C)[C@@H]1C(O)=C(C(N)=O)C(=O)[C@@]2(O)C(O)=C3C(=O)c4c(O)ccc(/C=C/C(=O)NC(C)(C)C)c4C[C@H]3C[C@@H]12. The molecule has 4 atom stereocenters. The lowest BCUT2D eigenvalue weighted by atomic mass is 9.58. The van der Waals surface area contributed by atoms with Crippen LogP contribution in [0.15, 0.2) is 40.9 Å². The first-order valence-electron chi connectivity index (χ1n) is 12.5. The van der Waals surface area contributed by atoms with E-state index in [1.807, 2.05) is 20.8 Å². The monoisotopic (exact) mass is 539 g/mol. The molecule has 0 unspecified atom stereocenters. The van der Waals surface area contributed by atoms with Crippen molar-refractivity contribution in [3.05, 3.63) is 57.6 Å². The third-order valence-electron chi connectivity index (χ3n) is 7.55. The molecule has 0 aromatic heterocycles. The van der Waals surface area contributed by atoms with Gasteiger partial charge in [0.25, 0.3) is 5.91 Å². The number of rotatable bonds is 4. The molecular formula is C28H33N3O8. The summed E-state index contributed by atoms with van der Waals surface area (Å²) in [6.45, 7) is 5.50. The maximum absolute atomic E-state index is 13.7. The number of allylic oxidation sites excluding steroid dienone is 1. The fourth-order valence-electron chi connectivity index (χ4n) is 6.01. The molecule has 0 saturated carbocycles. The zero-order valence-electron chi connectivity index (χ0n) is 22.4. The van der Waals surface area contributed by atoms with Gasteiger partial charge in [-0.2, -0.15) is 0 Å². The Morgan fingerprint density at radius 3 is 2.36 bits per heavy atom. The van der Waals surface area contributed by atoms with E-state index >= 15 is 0 Å². The first-order valence-corrected chi connectivity index (χ1v) is 12.5.